The highest BCUT2D eigenvalue weighted by molar-refractivity contribution is 5.20. The molecule has 0 saturated carbocycles. The molecule has 1 rings (SSSR count). The third kappa shape index (κ3) is 2.03. The Labute approximate surface area is 89.0 Å². The Balaban J connectivity index is 3.65. The van der Waals surface area contributed by atoms with Gasteiger partial charge in [-0.05, 0) is 26.7 Å². The SMILES string of the molecule is Cc1c(C(C)C)c(=O)[nH]c(=O)n1C(C)C. The van der Waals surface area contributed by atoms with E-state index in [-0.39, 0.29) is 23.2 Å². The highest BCUT2D eigenvalue weighted by Gasteiger charge is 2.15. The molecule has 1 N–H and O–H groups in total. The van der Waals surface area contributed by atoms with Gasteiger partial charge in [0.05, 0.1) is 0 Å². The third-order valence-corrected chi connectivity index (χ3v) is 2.53. The number of aromatic nitrogens is 2. The Kier molecular flexibility index (Phi) is 3.17. The fourth-order valence-corrected chi connectivity index (χ4v) is 1.97. The first-order valence-corrected chi connectivity index (χ1v) is 5.21. The molecule has 0 unspecified atom stereocenters. The molecule has 0 atom stereocenters. The van der Waals surface area contributed by atoms with E-state index in [9.17, 15) is 9.59 Å². The Morgan fingerprint density at radius 1 is 1.13 bits per heavy atom. The van der Waals surface area contributed by atoms with Gasteiger partial charge < -0.3 is 0 Å². The van der Waals surface area contributed by atoms with Gasteiger partial charge in [-0.1, -0.05) is 13.8 Å². The quantitative estimate of drug-likeness (QED) is 0.805. The predicted octanol–water partition coefficient (Wildman–Crippen LogP) is 1.55. The average molecular weight is 210 g/mol. The summed E-state index contributed by atoms with van der Waals surface area (Å²) in [5.74, 6) is 0.124. The van der Waals surface area contributed by atoms with Crippen molar-refractivity contribution in [3.8, 4) is 0 Å². The Morgan fingerprint density at radius 2 is 1.67 bits per heavy atom. The summed E-state index contributed by atoms with van der Waals surface area (Å²) < 4.78 is 1.62. The van der Waals surface area contributed by atoms with Gasteiger partial charge in [0, 0.05) is 17.3 Å². The van der Waals surface area contributed by atoms with E-state index in [0.717, 1.165) is 5.69 Å². The molecular weight excluding hydrogens is 192 g/mol. The fraction of sp³-hybridized carbons (Fsp3) is 0.636. The minimum Gasteiger partial charge on any atom is -0.295 e. The van der Waals surface area contributed by atoms with Crippen molar-refractivity contribution in [3.63, 3.8) is 0 Å². The van der Waals surface area contributed by atoms with Crippen LogP contribution >= 0.6 is 0 Å². The van der Waals surface area contributed by atoms with Crippen molar-refractivity contribution >= 4 is 0 Å². The molecule has 84 valence electrons. The zero-order valence-corrected chi connectivity index (χ0v) is 9.92. The zero-order valence-electron chi connectivity index (χ0n) is 9.92. The van der Waals surface area contributed by atoms with E-state index in [1.54, 1.807) is 4.57 Å². The van der Waals surface area contributed by atoms with Crippen molar-refractivity contribution < 1.29 is 0 Å². The molecule has 0 bridgehead atoms. The van der Waals surface area contributed by atoms with Gasteiger partial charge in [0.2, 0.25) is 0 Å². The maximum atomic E-state index is 11.6. The van der Waals surface area contributed by atoms with E-state index in [1.165, 1.54) is 0 Å². The molecule has 0 aliphatic carbocycles. The second-order valence-electron chi connectivity index (χ2n) is 4.38. The number of aromatic amines is 1. The third-order valence-electron chi connectivity index (χ3n) is 2.53. The zero-order chi connectivity index (χ0) is 11.7. The first-order chi connectivity index (χ1) is 6.86. The summed E-state index contributed by atoms with van der Waals surface area (Å²) in [6.45, 7) is 9.58. The van der Waals surface area contributed by atoms with Crippen molar-refractivity contribution in [1.82, 2.24) is 9.55 Å². The average Bonchev–Trinajstić information content (AvgIpc) is 1.99. The lowest BCUT2D eigenvalue weighted by Gasteiger charge is -2.17. The number of nitrogens with one attached hydrogen (secondary N) is 1. The summed E-state index contributed by atoms with van der Waals surface area (Å²) >= 11 is 0. The second-order valence-corrected chi connectivity index (χ2v) is 4.38. The van der Waals surface area contributed by atoms with Crippen molar-refractivity contribution in [2.24, 2.45) is 0 Å². The lowest BCUT2D eigenvalue weighted by atomic mass is 10.0. The molecule has 0 aliphatic heterocycles. The Hall–Kier alpha value is -1.32. The molecular formula is C11H18N2O2. The van der Waals surface area contributed by atoms with Crippen molar-refractivity contribution in [2.75, 3.05) is 0 Å². The lowest BCUT2D eigenvalue weighted by molar-refractivity contribution is 0.535. The van der Waals surface area contributed by atoms with Gasteiger partial charge >= 0.3 is 5.69 Å². The van der Waals surface area contributed by atoms with Gasteiger partial charge in [-0.15, -0.1) is 0 Å². The molecule has 1 aromatic rings. The van der Waals surface area contributed by atoms with Crippen LogP contribution in [-0.4, -0.2) is 9.55 Å². The summed E-state index contributed by atoms with van der Waals surface area (Å²) in [6, 6.07) is 0.0619. The van der Waals surface area contributed by atoms with Crippen LogP contribution in [0.15, 0.2) is 9.59 Å². The topological polar surface area (TPSA) is 54.9 Å². The molecule has 0 aromatic carbocycles. The molecule has 15 heavy (non-hydrogen) atoms. The van der Waals surface area contributed by atoms with Gasteiger partial charge in [-0.2, -0.15) is 0 Å². The number of hydrogen-bond donors (Lipinski definition) is 1. The van der Waals surface area contributed by atoms with Gasteiger partial charge in [-0.25, -0.2) is 4.79 Å². The van der Waals surface area contributed by atoms with Crippen LogP contribution < -0.4 is 11.2 Å². The first-order valence-electron chi connectivity index (χ1n) is 5.21. The lowest BCUT2D eigenvalue weighted by Crippen LogP contribution is -2.35. The van der Waals surface area contributed by atoms with Gasteiger partial charge in [0.25, 0.3) is 5.56 Å². The van der Waals surface area contributed by atoms with Gasteiger partial charge in [0.15, 0.2) is 0 Å². The van der Waals surface area contributed by atoms with E-state index in [4.69, 9.17) is 0 Å². The normalized spacial score (nSPS) is 11.4. The minimum absolute atomic E-state index is 0.0619. The first kappa shape index (κ1) is 11.8. The summed E-state index contributed by atoms with van der Waals surface area (Å²) in [5.41, 5.74) is 0.887. The molecule has 0 fully saturated rings. The summed E-state index contributed by atoms with van der Waals surface area (Å²) in [5, 5.41) is 0. The highest BCUT2D eigenvalue weighted by atomic mass is 16.2. The van der Waals surface area contributed by atoms with Crippen molar-refractivity contribution in [1.29, 1.82) is 0 Å². The molecule has 1 heterocycles. The van der Waals surface area contributed by atoms with Crippen molar-refractivity contribution in [2.45, 2.75) is 46.6 Å². The Morgan fingerprint density at radius 3 is 2.07 bits per heavy atom. The molecule has 0 aliphatic rings. The number of rotatable bonds is 2. The monoisotopic (exact) mass is 210 g/mol. The molecule has 0 saturated heterocycles. The second kappa shape index (κ2) is 4.04. The van der Waals surface area contributed by atoms with E-state index in [1.807, 2.05) is 34.6 Å². The number of nitrogens with zero attached hydrogens (tertiary/aromatic N) is 1. The smallest absolute Gasteiger partial charge is 0.295 e. The van der Waals surface area contributed by atoms with E-state index < -0.39 is 0 Å². The summed E-state index contributed by atoms with van der Waals surface area (Å²) in [7, 11) is 0. The fourth-order valence-electron chi connectivity index (χ4n) is 1.97. The van der Waals surface area contributed by atoms with Gasteiger partial charge in [0.1, 0.15) is 0 Å². The molecule has 4 nitrogen and oxygen atoms in total. The molecule has 1 aromatic heterocycles. The molecule has 0 amide bonds. The van der Waals surface area contributed by atoms with Crippen LogP contribution in [0, 0.1) is 6.92 Å². The van der Waals surface area contributed by atoms with Crippen LogP contribution in [0.4, 0.5) is 0 Å². The maximum Gasteiger partial charge on any atom is 0.328 e. The Bertz CT molecular complexity index is 426. The van der Waals surface area contributed by atoms with Crippen molar-refractivity contribution in [3.05, 3.63) is 32.1 Å². The number of hydrogen-bond acceptors (Lipinski definition) is 2. The molecule has 4 heteroatoms. The van der Waals surface area contributed by atoms with Crippen LogP contribution in [0.3, 0.4) is 0 Å². The summed E-state index contributed by atoms with van der Waals surface area (Å²) in [4.78, 5) is 25.6. The van der Waals surface area contributed by atoms with Crippen LogP contribution in [0.5, 0.6) is 0 Å². The van der Waals surface area contributed by atoms with Gasteiger partial charge in [-0.3, -0.25) is 14.3 Å². The van der Waals surface area contributed by atoms with E-state index in [2.05, 4.69) is 4.98 Å². The maximum absolute atomic E-state index is 11.6. The minimum atomic E-state index is -0.322. The van der Waals surface area contributed by atoms with Crippen LogP contribution in [0.25, 0.3) is 0 Å². The van der Waals surface area contributed by atoms with E-state index in [0.29, 0.717) is 5.56 Å². The summed E-state index contributed by atoms with van der Waals surface area (Å²) in [6.07, 6.45) is 0. The highest BCUT2D eigenvalue weighted by Crippen LogP contribution is 2.14. The standard InChI is InChI=1S/C11H18N2O2/c1-6(2)9-8(5)13(7(3)4)11(15)12-10(9)14/h6-7H,1-5H3,(H,12,14,15). The number of H-pyrrole nitrogens is 1. The van der Waals surface area contributed by atoms with Crippen LogP contribution in [-0.2, 0) is 0 Å². The largest absolute Gasteiger partial charge is 0.328 e. The molecule has 0 radical (unpaired) electrons. The predicted molar refractivity (Wildman–Crippen MR) is 60.5 cm³/mol. The van der Waals surface area contributed by atoms with Crippen LogP contribution in [0.2, 0.25) is 0 Å². The molecule has 0 spiro atoms. The van der Waals surface area contributed by atoms with Crippen LogP contribution in [0.1, 0.15) is 50.9 Å². The van der Waals surface area contributed by atoms with E-state index >= 15 is 0 Å².